The van der Waals surface area contributed by atoms with Crippen molar-refractivity contribution in [2.45, 2.75) is 108 Å². The van der Waals surface area contributed by atoms with E-state index in [0.29, 0.717) is 29.3 Å². The lowest BCUT2D eigenvalue weighted by molar-refractivity contribution is -0.162. The highest BCUT2D eigenvalue weighted by atomic mass is 35.5. The van der Waals surface area contributed by atoms with E-state index in [2.05, 4.69) is 17.9 Å². The number of epoxide rings is 1. The summed E-state index contributed by atoms with van der Waals surface area (Å²) in [6.07, 6.45) is 3.20. The van der Waals surface area contributed by atoms with Gasteiger partial charge in [0.2, 0.25) is 11.8 Å². The number of rotatable bonds is 7. The molecule has 4 aliphatic rings. The van der Waals surface area contributed by atoms with E-state index < -0.39 is 71.8 Å². The number of amides is 3. The molecule has 0 aromatic carbocycles. The molecule has 15 heteroatoms. The van der Waals surface area contributed by atoms with Gasteiger partial charge in [-0.2, -0.15) is 12.6 Å². The Balaban J connectivity index is 1.76. The Labute approximate surface area is 304 Å². The summed E-state index contributed by atoms with van der Waals surface area (Å²) < 4.78 is 29.2. The summed E-state index contributed by atoms with van der Waals surface area (Å²) in [5, 5.41) is 14.6. The highest BCUT2D eigenvalue weighted by molar-refractivity contribution is 7.80. The second kappa shape index (κ2) is 16.2. The highest BCUT2D eigenvalue weighted by Gasteiger charge is 2.64. The van der Waals surface area contributed by atoms with Crippen LogP contribution in [0.25, 0.3) is 0 Å². The van der Waals surface area contributed by atoms with Gasteiger partial charge < -0.3 is 38.6 Å². The second-order valence-corrected chi connectivity index (χ2v) is 14.6. The first kappa shape index (κ1) is 39.9. The minimum atomic E-state index is -1.81. The lowest BCUT2D eigenvalue weighted by Gasteiger charge is -2.42. The van der Waals surface area contributed by atoms with Crippen molar-refractivity contribution in [1.82, 2.24) is 15.1 Å². The summed E-state index contributed by atoms with van der Waals surface area (Å²) in [6.45, 7) is 7.01. The Hall–Kier alpha value is -2.88. The number of likely N-dealkylation sites (N-methyl/N-ethyl adjacent to an activating group) is 2. The lowest BCUT2D eigenvalue weighted by atomic mass is 9.83. The fourth-order valence-corrected chi connectivity index (χ4v) is 7.31. The standard InChI is InChI=1S/C35H50ClN3O10S/c1-19-10-9-11-26(46-8)35(44)18-25(47-33(43)37-35)20(2)31-34(4,49-31)27(48-32(42)21(3)38(5)28(40)12-13-50)17-29(41)39(6)23-15-22(14-19)16-24(45-7)30(23)36/h9-11,15,20-21,24-27,31,44,50H,12-14,16-18H2,1-8H3,(H,37,43)/b11-9+,19-10+/t20-,21?,24?,25+,26-,27+,31+,34+,35+/m1/s1. The monoisotopic (exact) mass is 739 g/mol. The molecule has 2 fully saturated rings. The summed E-state index contributed by atoms with van der Waals surface area (Å²) in [6, 6.07) is -0.968. The van der Waals surface area contributed by atoms with Crippen LogP contribution in [-0.2, 0) is 38.1 Å². The van der Waals surface area contributed by atoms with E-state index in [1.807, 2.05) is 19.1 Å². The number of esters is 1. The fourth-order valence-electron chi connectivity index (χ4n) is 6.77. The molecule has 0 saturated carbocycles. The number of allylic oxidation sites excluding steroid dienone is 4. The average molecular weight is 740 g/mol. The summed E-state index contributed by atoms with van der Waals surface area (Å²) in [7, 11) is 6.09. The number of hydrogen-bond acceptors (Lipinski definition) is 11. The molecule has 278 valence electrons. The van der Waals surface area contributed by atoms with Crippen LogP contribution in [0.5, 0.6) is 0 Å². The number of aliphatic hydroxyl groups is 1. The van der Waals surface area contributed by atoms with E-state index in [0.717, 1.165) is 11.1 Å². The Morgan fingerprint density at radius 1 is 1.26 bits per heavy atom. The van der Waals surface area contributed by atoms with Crippen LogP contribution in [0.15, 0.2) is 46.2 Å². The molecular formula is C35H50ClN3O10S. The van der Waals surface area contributed by atoms with Gasteiger partial charge in [0.1, 0.15) is 30.0 Å². The first-order valence-corrected chi connectivity index (χ1v) is 17.7. The molecule has 1 aliphatic carbocycles. The van der Waals surface area contributed by atoms with Gasteiger partial charge in [0.05, 0.1) is 29.4 Å². The Morgan fingerprint density at radius 2 is 1.96 bits per heavy atom. The molecule has 2 saturated heterocycles. The van der Waals surface area contributed by atoms with Gasteiger partial charge in [-0.25, -0.2) is 9.59 Å². The molecule has 3 heterocycles. The summed E-state index contributed by atoms with van der Waals surface area (Å²) in [5.41, 5.74) is -0.607. The highest BCUT2D eigenvalue weighted by Crippen LogP contribution is 2.49. The molecular weight excluding hydrogens is 690 g/mol. The number of methoxy groups -OCH3 is 2. The minimum Gasteiger partial charge on any atom is -0.457 e. The SMILES string of the molecule is COC1CC2=CC(=C1Cl)N(C)C(=O)C[C@H](OC(=O)C(C)N(C)C(=O)CCS)[C@]1(C)O[C@H]1[C@H](C)[C@@H]1C[C@@](O)(NC(=O)O1)[C@H](OC)/C=C/C=C(\C)C2. The van der Waals surface area contributed by atoms with Gasteiger partial charge in [-0.3, -0.25) is 14.9 Å². The third kappa shape index (κ3) is 8.59. The summed E-state index contributed by atoms with van der Waals surface area (Å²) in [4.78, 5) is 55.7. The number of halogens is 1. The summed E-state index contributed by atoms with van der Waals surface area (Å²) in [5.74, 6) is -1.62. The maximum absolute atomic E-state index is 14.1. The van der Waals surface area contributed by atoms with Gasteiger partial charge in [-0.1, -0.05) is 47.9 Å². The number of nitrogens with one attached hydrogen (secondary N) is 1. The molecule has 4 bridgehead atoms. The van der Waals surface area contributed by atoms with Crippen molar-refractivity contribution < 1.29 is 48.0 Å². The molecule has 13 nitrogen and oxygen atoms in total. The van der Waals surface area contributed by atoms with E-state index in [1.165, 1.54) is 24.0 Å². The van der Waals surface area contributed by atoms with Crippen LogP contribution in [0.3, 0.4) is 0 Å². The summed E-state index contributed by atoms with van der Waals surface area (Å²) >= 11 is 10.9. The van der Waals surface area contributed by atoms with Gasteiger partial charge in [0, 0.05) is 53.5 Å². The Bertz CT molecular complexity index is 1470. The first-order chi connectivity index (χ1) is 23.5. The number of ether oxygens (including phenoxy) is 5. The van der Waals surface area contributed by atoms with Gasteiger partial charge >= 0.3 is 12.1 Å². The van der Waals surface area contributed by atoms with Gasteiger partial charge in [-0.05, 0) is 39.0 Å². The quantitative estimate of drug-likeness (QED) is 0.200. The molecule has 50 heavy (non-hydrogen) atoms. The molecule has 9 atom stereocenters. The van der Waals surface area contributed by atoms with E-state index in [4.69, 9.17) is 35.3 Å². The zero-order valence-corrected chi connectivity index (χ0v) is 31.6. The van der Waals surface area contributed by atoms with Crippen molar-refractivity contribution in [3.8, 4) is 0 Å². The van der Waals surface area contributed by atoms with Crippen LogP contribution in [-0.4, -0.2) is 121 Å². The van der Waals surface area contributed by atoms with Crippen molar-refractivity contribution in [2.24, 2.45) is 5.92 Å². The van der Waals surface area contributed by atoms with Crippen molar-refractivity contribution >= 4 is 48.1 Å². The lowest BCUT2D eigenvalue weighted by Crippen LogP contribution is -2.63. The largest absolute Gasteiger partial charge is 0.457 e. The maximum atomic E-state index is 14.1. The van der Waals surface area contributed by atoms with Crippen molar-refractivity contribution in [1.29, 1.82) is 0 Å². The molecule has 0 radical (unpaired) electrons. The second-order valence-electron chi connectivity index (χ2n) is 13.7. The fraction of sp³-hybridized carbons (Fsp3) is 0.657. The maximum Gasteiger partial charge on any atom is 0.409 e. The van der Waals surface area contributed by atoms with E-state index in [-0.39, 0.29) is 25.2 Å². The van der Waals surface area contributed by atoms with Crippen LogP contribution in [0, 0.1) is 5.92 Å². The number of carbonyl (C=O) groups excluding carboxylic acids is 4. The number of fused-ring (bicyclic) bond motifs is 4. The van der Waals surface area contributed by atoms with Crippen molar-refractivity contribution in [3.05, 3.63) is 46.2 Å². The Kier molecular flexibility index (Phi) is 12.9. The molecule has 3 amide bonds. The van der Waals surface area contributed by atoms with Gasteiger partial charge in [0.25, 0.3) is 0 Å². The van der Waals surface area contributed by atoms with Gasteiger partial charge in [-0.15, -0.1) is 0 Å². The van der Waals surface area contributed by atoms with Gasteiger partial charge in [0.15, 0.2) is 5.72 Å². The molecule has 2 unspecified atom stereocenters. The average Bonchev–Trinajstić information content (AvgIpc) is 3.76. The molecule has 3 aliphatic heterocycles. The first-order valence-electron chi connectivity index (χ1n) is 16.7. The zero-order valence-electron chi connectivity index (χ0n) is 29.9. The van der Waals surface area contributed by atoms with Crippen LogP contribution in [0.4, 0.5) is 4.79 Å². The molecule has 4 rings (SSSR count). The predicted octanol–water partition coefficient (Wildman–Crippen LogP) is 3.61. The van der Waals surface area contributed by atoms with Crippen LogP contribution >= 0.6 is 24.2 Å². The van der Waals surface area contributed by atoms with Crippen LogP contribution in [0.1, 0.15) is 59.8 Å². The molecule has 0 aromatic rings. The van der Waals surface area contributed by atoms with E-state index in [1.54, 1.807) is 47.1 Å². The van der Waals surface area contributed by atoms with E-state index in [9.17, 15) is 24.3 Å². The zero-order chi connectivity index (χ0) is 37.1. The number of carbonyl (C=O) groups is 4. The molecule has 0 spiro atoms. The third-order valence-corrected chi connectivity index (χ3v) is 10.8. The minimum absolute atomic E-state index is 0.0411. The number of hydrogen-bond donors (Lipinski definition) is 3. The smallest absolute Gasteiger partial charge is 0.409 e. The van der Waals surface area contributed by atoms with Crippen molar-refractivity contribution in [2.75, 3.05) is 34.1 Å². The van der Waals surface area contributed by atoms with E-state index >= 15 is 0 Å². The van der Waals surface area contributed by atoms with Crippen LogP contribution < -0.4 is 5.32 Å². The molecule has 0 aromatic heterocycles. The number of alkyl carbamates (subject to hydrolysis) is 1. The third-order valence-electron chi connectivity index (χ3n) is 10.2. The topological polar surface area (TPSA) is 156 Å². The number of nitrogens with zero attached hydrogens (tertiary/aromatic N) is 2. The Morgan fingerprint density at radius 3 is 2.60 bits per heavy atom. The van der Waals surface area contributed by atoms with Crippen LogP contribution in [0.2, 0.25) is 0 Å². The van der Waals surface area contributed by atoms with Crippen molar-refractivity contribution in [3.63, 3.8) is 0 Å². The predicted molar refractivity (Wildman–Crippen MR) is 188 cm³/mol. The normalized spacial score (nSPS) is 35.8. The molecule has 2 N–H and O–H groups in total. The number of thiol groups is 1.